The molecule has 0 aliphatic heterocycles. The van der Waals surface area contributed by atoms with Gasteiger partial charge >= 0.3 is 0 Å². The Kier molecular flexibility index (Phi) is 12.2. The molecule has 0 radical (unpaired) electrons. The number of benzene rings is 2. The van der Waals surface area contributed by atoms with Crippen LogP contribution in [0, 0.1) is 6.92 Å². The monoisotopic (exact) mass is 453 g/mol. The van der Waals surface area contributed by atoms with Crippen LogP contribution in [0.5, 0.6) is 5.75 Å². The standard InChI is InChI=1S/C25H35N3O.2C2H6/c1-7-28(8-2)15-9-14-25(4,5)27-24-20-12-10-18(3)16-23(20)26-22-13-11-19(29-6)17-21(22)24;2*1-2/h10-13,16-17H,7-9,14-15H2,1-6H3,(H,26,27);2*1-2H3. The van der Waals surface area contributed by atoms with Crippen molar-refractivity contribution in [2.75, 3.05) is 32.1 Å². The Morgan fingerprint density at radius 2 is 1.58 bits per heavy atom. The van der Waals surface area contributed by atoms with E-state index < -0.39 is 0 Å². The molecule has 0 spiro atoms. The van der Waals surface area contributed by atoms with Crippen LogP contribution in [0.2, 0.25) is 0 Å². The van der Waals surface area contributed by atoms with Crippen LogP contribution in [-0.2, 0) is 0 Å². The predicted octanol–water partition coefficient (Wildman–Crippen LogP) is 8.07. The van der Waals surface area contributed by atoms with Gasteiger partial charge in [-0.25, -0.2) is 4.98 Å². The van der Waals surface area contributed by atoms with E-state index in [1.54, 1.807) is 7.11 Å². The minimum atomic E-state index is -0.0255. The second-order valence-electron chi connectivity index (χ2n) is 8.53. The Morgan fingerprint density at radius 1 is 0.909 bits per heavy atom. The number of pyridine rings is 1. The maximum Gasteiger partial charge on any atom is 0.119 e. The van der Waals surface area contributed by atoms with Gasteiger partial charge < -0.3 is 15.0 Å². The number of nitrogens with one attached hydrogen (secondary N) is 1. The van der Waals surface area contributed by atoms with Crippen molar-refractivity contribution in [2.24, 2.45) is 0 Å². The van der Waals surface area contributed by atoms with Crippen LogP contribution in [-0.4, -0.2) is 42.2 Å². The summed E-state index contributed by atoms with van der Waals surface area (Å²) in [6.45, 7) is 22.5. The highest BCUT2D eigenvalue weighted by Gasteiger charge is 2.21. The minimum absolute atomic E-state index is 0.0255. The molecule has 0 fully saturated rings. The molecule has 4 heteroatoms. The maximum atomic E-state index is 5.49. The maximum absolute atomic E-state index is 5.49. The number of hydrogen-bond donors (Lipinski definition) is 1. The van der Waals surface area contributed by atoms with E-state index in [-0.39, 0.29) is 5.54 Å². The van der Waals surface area contributed by atoms with E-state index in [0.29, 0.717) is 0 Å². The lowest BCUT2D eigenvalue weighted by Gasteiger charge is -2.30. The first-order chi connectivity index (χ1) is 15.9. The molecule has 0 aliphatic carbocycles. The van der Waals surface area contributed by atoms with E-state index in [1.165, 1.54) is 12.0 Å². The summed E-state index contributed by atoms with van der Waals surface area (Å²) >= 11 is 0. The third-order valence-electron chi connectivity index (χ3n) is 5.77. The molecule has 3 aromatic rings. The van der Waals surface area contributed by atoms with Gasteiger partial charge in [0.1, 0.15) is 5.75 Å². The second kappa shape index (κ2) is 14.0. The van der Waals surface area contributed by atoms with E-state index in [2.05, 4.69) is 75.2 Å². The molecule has 1 aromatic heterocycles. The quantitative estimate of drug-likeness (QED) is 0.332. The number of aromatic nitrogens is 1. The van der Waals surface area contributed by atoms with Gasteiger partial charge in [0.25, 0.3) is 0 Å². The van der Waals surface area contributed by atoms with E-state index in [4.69, 9.17) is 9.72 Å². The molecule has 0 bridgehead atoms. The summed E-state index contributed by atoms with van der Waals surface area (Å²) in [6, 6.07) is 12.6. The SMILES string of the molecule is CC.CC.CCN(CC)CCCC(C)(C)Nc1c2ccc(C)cc2nc2ccc(OC)cc12. The highest BCUT2D eigenvalue weighted by Crippen LogP contribution is 2.35. The van der Waals surface area contributed by atoms with Gasteiger partial charge in [-0.15, -0.1) is 0 Å². The summed E-state index contributed by atoms with van der Waals surface area (Å²) < 4.78 is 5.49. The average molecular weight is 454 g/mol. The molecule has 184 valence electrons. The Hall–Kier alpha value is -2.33. The molecular formula is C29H47N3O. The molecular weight excluding hydrogens is 406 g/mol. The first-order valence-electron chi connectivity index (χ1n) is 12.8. The number of nitrogens with zero attached hydrogens (tertiary/aromatic N) is 2. The van der Waals surface area contributed by atoms with Crippen molar-refractivity contribution >= 4 is 27.5 Å². The Bertz CT molecular complexity index is 977. The molecule has 0 aliphatic rings. The largest absolute Gasteiger partial charge is 0.497 e. The summed E-state index contributed by atoms with van der Waals surface area (Å²) in [5.41, 5.74) is 4.37. The van der Waals surface area contributed by atoms with Crippen molar-refractivity contribution < 1.29 is 4.74 Å². The number of methoxy groups -OCH3 is 1. The van der Waals surface area contributed by atoms with Gasteiger partial charge in [0, 0.05) is 16.3 Å². The fourth-order valence-electron chi connectivity index (χ4n) is 3.98. The molecule has 1 heterocycles. The van der Waals surface area contributed by atoms with Crippen molar-refractivity contribution in [2.45, 2.75) is 80.7 Å². The number of fused-ring (bicyclic) bond motifs is 2. The highest BCUT2D eigenvalue weighted by molar-refractivity contribution is 6.08. The first-order valence-corrected chi connectivity index (χ1v) is 12.8. The van der Waals surface area contributed by atoms with Crippen molar-refractivity contribution in [3.05, 3.63) is 42.0 Å². The Morgan fingerprint density at radius 3 is 2.18 bits per heavy atom. The summed E-state index contributed by atoms with van der Waals surface area (Å²) in [7, 11) is 1.71. The molecule has 33 heavy (non-hydrogen) atoms. The zero-order valence-electron chi connectivity index (χ0n) is 22.8. The number of ether oxygens (including phenoxy) is 1. The topological polar surface area (TPSA) is 37.4 Å². The van der Waals surface area contributed by atoms with Crippen LogP contribution in [0.4, 0.5) is 5.69 Å². The predicted molar refractivity (Wildman–Crippen MR) is 148 cm³/mol. The molecule has 4 nitrogen and oxygen atoms in total. The van der Waals surface area contributed by atoms with Crippen molar-refractivity contribution in [3.63, 3.8) is 0 Å². The van der Waals surface area contributed by atoms with E-state index in [0.717, 1.165) is 59.3 Å². The summed E-state index contributed by atoms with van der Waals surface area (Å²) in [4.78, 5) is 7.40. The van der Waals surface area contributed by atoms with E-state index >= 15 is 0 Å². The first kappa shape index (κ1) is 28.7. The molecule has 0 amide bonds. The zero-order chi connectivity index (χ0) is 25.0. The van der Waals surface area contributed by atoms with E-state index in [1.807, 2.05) is 33.8 Å². The van der Waals surface area contributed by atoms with Crippen LogP contribution >= 0.6 is 0 Å². The van der Waals surface area contributed by atoms with Gasteiger partial charge in [-0.05, 0) is 83.1 Å². The smallest absolute Gasteiger partial charge is 0.119 e. The third-order valence-corrected chi connectivity index (χ3v) is 5.77. The molecule has 2 aromatic carbocycles. The van der Waals surface area contributed by atoms with Gasteiger partial charge in [0.15, 0.2) is 0 Å². The second-order valence-corrected chi connectivity index (χ2v) is 8.53. The molecule has 0 saturated carbocycles. The van der Waals surface area contributed by atoms with Gasteiger partial charge in [0.2, 0.25) is 0 Å². The third kappa shape index (κ3) is 7.89. The lowest BCUT2D eigenvalue weighted by molar-refractivity contribution is 0.287. The van der Waals surface area contributed by atoms with Crippen molar-refractivity contribution in [1.82, 2.24) is 9.88 Å². The molecule has 1 N–H and O–H groups in total. The fourth-order valence-corrected chi connectivity index (χ4v) is 3.98. The number of hydrogen-bond acceptors (Lipinski definition) is 4. The number of anilines is 1. The van der Waals surface area contributed by atoms with Gasteiger partial charge in [-0.1, -0.05) is 53.7 Å². The summed E-state index contributed by atoms with van der Waals surface area (Å²) in [5.74, 6) is 0.855. The van der Waals surface area contributed by atoms with Crippen LogP contribution in [0.15, 0.2) is 36.4 Å². The van der Waals surface area contributed by atoms with Crippen LogP contribution < -0.4 is 10.1 Å². The van der Waals surface area contributed by atoms with Gasteiger partial charge in [-0.2, -0.15) is 0 Å². The number of aryl methyl sites for hydroxylation is 1. The summed E-state index contributed by atoms with van der Waals surface area (Å²) in [6.07, 6.45) is 2.27. The van der Waals surface area contributed by atoms with Crippen molar-refractivity contribution in [1.29, 1.82) is 0 Å². The fraction of sp³-hybridized carbons (Fsp3) is 0.552. The zero-order valence-corrected chi connectivity index (χ0v) is 22.8. The Labute approximate surface area is 202 Å². The minimum Gasteiger partial charge on any atom is -0.497 e. The highest BCUT2D eigenvalue weighted by atomic mass is 16.5. The molecule has 3 rings (SSSR count). The summed E-state index contributed by atoms with van der Waals surface area (Å²) in [5, 5.41) is 6.14. The normalized spacial score (nSPS) is 11.0. The lowest BCUT2D eigenvalue weighted by Crippen LogP contribution is -2.33. The number of rotatable bonds is 9. The van der Waals surface area contributed by atoms with Crippen LogP contribution in [0.3, 0.4) is 0 Å². The van der Waals surface area contributed by atoms with E-state index in [9.17, 15) is 0 Å². The lowest BCUT2D eigenvalue weighted by atomic mass is 9.96. The average Bonchev–Trinajstić information content (AvgIpc) is 2.83. The van der Waals surface area contributed by atoms with Crippen LogP contribution in [0.1, 0.15) is 73.8 Å². The molecule has 0 unspecified atom stereocenters. The van der Waals surface area contributed by atoms with Gasteiger partial charge in [-0.3, -0.25) is 0 Å². The van der Waals surface area contributed by atoms with Crippen LogP contribution in [0.25, 0.3) is 21.8 Å². The van der Waals surface area contributed by atoms with Crippen molar-refractivity contribution in [3.8, 4) is 5.75 Å². The molecule has 0 atom stereocenters. The Balaban J connectivity index is 0.00000129. The molecule has 0 saturated heterocycles. The van der Waals surface area contributed by atoms with Gasteiger partial charge in [0.05, 0.1) is 23.8 Å².